The number of nitro groups is 1. The lowest BCUT2D eigenvalue weighted by Crippen LogP contribution is -2.26. The van der Waals surface area contributed by atoms with Crippen LogP contribution in [0.15, 0.2) is 21.5 Å². The van der Waals surface area contributed by atoms with Crippen molar-refractivity contribution in [1.82, 2.24) is 5.32 Å². The normalized spacial score (nSPS) is 14.9. The molecule has 0 bridgehead atoms. The Balaban J connectivity index is 2.56. The molecule has 108 valence electrons. The van der Waals surface area contributed by atoms with Crippen molar-refractivity contribution < 1.29 is 18.1 Å². The predicted molar refractivity (Wildman–Crippen MR) is 72.7 cm³/mol. The van der Waals surface area contributed by atoms with Gasteiger partial charge in [-0.25, -0.2) is 13.6 Å². The van der Waals surface area contributed by atoms with Gasteiger partial charge in [0, 0.05) is 18.2 Å². The van der Waals surface area contributed by atoms with E-state index in [4.69, 9.17) is 5.14 Å². The van der Waals surface area contributed by atoms with Gasteiger partial charge in [-0.2, -0.15) is 0 Å². The lowest BCUT2D eigenvalue weighted by atomic mass is 10.2. The Morgan fingerprint density at radius 3 is 2.50 bits per heavy atom. The molecule has 0 atom stereocenters. The van der Waals surface area contributed by atoms with Crippen LogP contribution in [0.25, 0.3) is 0 Å². The first-order chi connectivity index (χ1) is 9.20. The molecule has 1 aromatic carbocycles. The van der Waals surface area contributed by atoms with Gasteiger partial charge in [0.05, 0.1) is 15.0 Å². The highest BCUT2D eigenvalue weighted by molar-refractivity contribution is 9.10. The lowest BCUT2D eigenvalue weighted by Gasteiger charge is -2.09. The molecule has 1 aliphatic rings. The highest BCUT2D eigenvalue weighted by atomic mass is 79.9. The molecule has 1 amide bonds. The van der Waals surface area contributed by atoms with Crippen molar-refractivity contribution in [1.29, 1.82) is 0 Å². The molecule has 0 unspecified atom stereocenters. The monoisotopic (exact) mass is 363 g/mol. The first kappa shape index (κ1) is 14.9. The lowest BCUT2D eigenvalue weighted by molar-refractivity contribution is -0.385. The van der Waals surface area contributed by atoms with E-state index in [0.29, 0.717) is 0 Å². The molecule has 0 spiro atoms. The average molecular weight is 364 g/mol. The Morgan fingerprint density at radius 1 is 1.45 bits per heavy atom. The molecule has 1 aliphatic carbocycles. The topological polar surface area (TPSA) is 132 Å². The molecular weight excluding hydrogens is 354 g/mol. The Kier molecular flexibility index (Phi) is 3.80. The second-order valence-corrected chi connectivity index (χ2v) is 6.68. The number of hydrogen-bond acceptors (Lipinski definition) is 5. The molecule has 20 heavy (non-hydrogen) atoms. The molecule has 10 heteroatoms. The van der Waals surface area contributed by atoms with Crippen LogP contribution in [0.1, 0.15) is 23.2 Å². The van der Waals surface area contributed by atoms with E-state index in [1.165, 1.54) is 0 Å². The van der Waals surface area contributed by atoms with E-state index in [1.807, 2.05) is 0 Å². The van der Waals surface area contributed by atoms with Crippen molar-refractivity contribution in [2.24, 2.45) is 5.14 Å². The number of primary sulfonamides is 1. The first-order valence-electron chi connectivity index (χ1n) is 5.51. The predicted octanol–water partition coefficient (Wildman–Crippen LogP) is 0.897. The molecule has 0 saturated heterocycles. The number of nitrogens with zero attached hydrogens (tertiary/aromatic N) is 1. The number of carbonyl (C=O) groups is 1. The van der Waals surface area contributed by atoms with Gasteiger partial charge >= 0.3 is 0 Å². The van der Waals surface area contributed by atoms with Gasteiger partial charge in [-0.3, -0.25) is 14.9 Å². The van der Waals surface area contributed by atoms with Gasteiger partial charge in [-0.1, -0.05) is 0 Å². The van der Waals surface area contributed by atoms with Crippen LogP contribution < -0.4 is 10.5 Å². The fourth-order valence-corrected chi connectivity index (χ4v) is 3.28. The fraction of sp³-hybridized carbons (Fsp3) is 0.300. The summed E-state index contributed by atoms with van der Waals surface area (Å²) in [6.07, 6.45) is 1.67. The number of hydrogen-bond donors (Lipinski definition) is 2. The maximum Gasteiger partial charge on any atom is 0.271 e. The third-order valence-corrected chi connectivity index (χ3v) is 4.75. The van der Waals surface area contributed by atoms with Crippen molar-refractivity contribution in [2.75, 3.05) is 0 Å². The van der Waals surface area contributed by atoms with Gasteiger partial charge in [-0.15, -0.1) is 0 Å². The Labute approximate surface area is 122 Å². The second-order valence-electron chi connectivity index (χ2n) is 4.36. The van der Waals surface area contributed by atoms with Crippen molar-refractivity contribution in [3.63, 3.8) is 0 Å². The minimum atomic E-state index is -4.19. The molecule has 0 aromatic heterocycles. The van der Waals surface area contributed by atoms with Crippen molar-refractivity contribution in [2.45, 2.75) is 23.8 Å². The van der Waals surface area contributed by atoms with Crippen LogP contribution in [-0.4, -0.2) is 25.3 Å². The summed E-state index contributed by atoms with van der Waals surface area (Å²) in [5.74, 6) is -0.576. The van der Waals surface area contributed by atoms with Gasteiger partial charge in [0.25, 0.3) is 11.6 Å². The Bertz CT molecular complexity index is 699. The number of non-ortho nitro benzene ring substituents is 1. The van der Waals surface area contributed by atoms with E-state index in [1.54, 1.807) is 0 Å². The van der Waals surface area contributed by atoms with Crippen LogP contribution >= 0.6 is 15.9 Å². The molecule has 1 fully saturated rings. The number of sulfonamides is 1. The molecule has 2 rings (SSSR count). The van der Waals surface area contributed by atoms with E-state index < -0.39 is 31.4 Å². The van der Waals surface area contributed by atoms with E-state index in [9.17, 15) is 23.3 Å². The van der Waals surface area contributed by atoms with Crippen LogP contribution in [-0.2, 0) is 10.0 Å². The van der Waals surface area contributed by atoms with Crippen LogP contribution in [0, 0.1) is 10.1 Å². The largest absolute Gasteiger partial charge is 0.349 e. The zero-order valence-electron chi connectivity index (χ0n) is 10.00. The minimum absolute atomic E-state index is 0.0339. The van der Waals surface area contributed by atoms with Gasteiger partial charge in [0.2, 0.25) is 10.0 Å². The third-order valence-electron chi connectivity index (χ3n) is 2.70. The molecule has 0 heterocycles. The summed E-state index contributed by atoms with van der Waals surface area (Å²) < 4.78 is 22.8. The number of nitrogens with one attached hydrogen (secondary N) is 1. The molecule has 0 radical (unpaired) electrons. The smallest absolute Gasteiger partial charge is 0.271 e. The summed E-state index contributed by atoms with van der Waals surface area (Å²) in [4.78, 5) is 21.5. The number of nitro benzene ring substituents is 1. The molecule has 0 aliphatic heterocycles. The van der Waals surface area contributed by atoms with Crippen molar-refractivity contribution in [3.05, 3.63) is 32.3 Å². The number of nitrogens with two attached hydrogens (primary N) is 1. The zero-order valence-corrected chi connectivity index (χ0v) is 12.4. The van der Waals surface area contributed by atoms with E-state index in [2.05, 4.69) is 21.2 Å². The number of halogens is 1. The summed E-state index contributed by atoms with van der Waals surface area (Å²) >= 11 is 2.97. The summed E-state index contributed by atoms with van der Waals surface area (Å²) in [6.45, 7) is 0. The van der Waals surface area contributed by atoms with Gasteiger partial charge in [0.1, 0.15) is 4.90 Å². The van der Waals surface area contributed by atoms with Crippen LogP contribution in [0.2, 0.25) is 0 Å². The number of amides is 1. The van der Waals surface area contributed by atoms with E-state index >= 15 is 0 Å². The molecular formula is C10H10BrN3O5S. The molecule has 1 aromatic rings. The second kappa shape index (κ2) is 5.11. The van der Waals surface area contributed by atoms with Crippen LogP contribution in [0.3, 0.4) is 0 Å². The SMILES string of the molecule is NS(=O)(=O)c1cc([N+](=O)[O-])cc(C(=O)NC2CC2)c1Br. The maximum atomic E-state index is 12.0. The Hall–Kier alpha value is -1.52. The highest BCUT2D eigenvalue weighted by Gasteiger charge is 2.28. The Morgan fingerprint density at radius 2 is 2.05 bits per heavy atom. The molecule has 1 saturated carbocycles. The first-order valence-corrected chi connectivity index (χ1v) is 7.85. The van der Waals surface area contributed by atoms with Gasteiger partial charge in [0.15, 0.2) is 0 Å². The number of rotatable bonds is 4. The van der Waals surface area contributed by atoms with Gasteiger partial charge in [-0.05, 0) is 28.8 Å². The minimum Gasteiger partial charge on any atom is -0.349 e. The summed E-state index contributed by atoms with van der Waals surface area (Å²) in [7, 11) is -4.19. The van der Waals surface area contributed by atoms with E-state index in [0.717, 1.165) is 25.0 Å². The van der Waals surface area contributed by atoms with Crippen LogP contribution in [0.5, 0.6) is 0 Å². The van der Waals surface area contributed by atoms with Crippen molar-refractivity contribution in [3.8, 4) is 0 Å². The number of carbonyl (C=O) groups excluding carboxylic acids is 1. The summed E-state index contributed by atoms with van der Waals surface area (Å²) in [5.41, 5.74) is -0.645. The average Bonchev–Trinajstić information content (AvgIpc) is 3.11. The number of benzene rings is 1. The highest BCUT2D eigenvalue weighted by Crippen LogP contribution is 2.31. The van der Waals surface area contributed by atoms with E-state index in [-0.39, 0.29) is 16.1 Å². The zero-order chi connectivity index (χ0) is 15.1. The standard InChI is InChI=1S/C10H10BrN3O5S/c11-9-7(10(15)13-5-1-2-5)3-6(14(16)17)4-8(9)20(12,18)19/h3-5H,1-2H2,(H,13,15)(H2,12,18,19). The molecule has 3 N–H and O–H groups in total. The van der Waals surface area contributed by atoms with Gasteiger partial charge < -0.3 is 5.32 Å². The van der Waals surface area contributed by atoms with Crippen molar-refractivity contribution >= 4 is 37.5 Å². The molecule has 8 nitrogen and oxygen atoms in total. The quantitative estimate of drug-likeness (QED) is 0.605. The third kappa shape index (κ3) is 3.14. The fourth-order valence-electron chi connectivity index (χ4n) is 1.55. The summed E-state index contributed by atoms with van der Waals surface area (Å²) in [5, 5.41) is 18.4. The van der Waals surface area contributed by atoms with Crippen LogP contribution in [0.4, 0.5) is 5.69 Å². The maximum absolute atomic E-state index is 12.0. The summed E-state index contributed by atoms with van der Waals surface area (Å²) in [6, 6.07) is 1.86.